The molecule has 1 aliphatic rings. The van der Waals surface area contributed by atoms with Gasteiger partial charge in [-0.05, 0) is 54.4 Å². The highest BCUT2D eigenvalue weighted by molar-refractivity contribution is 5.64. The first-order chi connectivity index (χ1) is 11.1. The van der Waals surface area contributed by atoms with E-state index in [4.69, 9.17) is 0 Å². The van der Waals surface area contributed by atoms with E-state index in [1.165, 1.54) is 31.2 Å². The van der Waals surface area contributed by atoms with Crippen LogP contribution in [0, 0.1) is 24.6 Å². The van der Waals surface area contributed by atoms with Crippen LogP contribution in [0.1, 0.15) is 50.2 Å². The standard InChI is InChI=1S/C22H27F/c1-16-3-7-18(8-4-16)9-12-20-13-14-21(15-22(20)23)19-10-5-17(2)6-11-19/h5-6,10-11,13-16,18H,3-4,7-9,12H2,1-2H3. The predicted molar refractivity (Wildman–Crippen MR) is 96.0 cm³/mol. The molecule has 0 heterocycles. The molecule has 1 heteroatoms. The summed E-state index contributed by atoms with van der Waals surface area (Å²) in [5.74, 6) is 1.63. The van der Waals surface area contributed by atoms with Crippen LogP contribution in [0.4, 0.5) is 4.39 Å². The van der Waals surface area contributed by atoms with Crippen molar-refractivity contribution in [3.05, 3.63) is 59.4 Å². The predicted octanol–water partition coefficient (Wildman–Crippen LogP) is 6.56. The van der Waals surface area contributed by atoms with Crippen molar-refractivity contribution in [2.75, 3.05) is 0 Å². The summed E-state index contributed by atoms with van der Waals surface area (Å²) in [7, 11) is 0. The zero-order valence-corrected chi connectivity index (χ0v) is 14.3. The molecule has 0 aromatic heterocycles. The highest BCUT2D eigenvalue weighted by Crippen LogP contribution is 2.32. The fourth-order valence-corrected chi connectivity index (χ4v) is 3.65. The van der Waals surface area contributed by atoms with Crippen molar-refractivity contribution in [1.29, 1.82) is 0 Å². The topological polar surface area (TPSA) is 0 Å². The zero-order chi connectivity index (χ0) is 16.2. The monoisotopic (exact) mass is 310 g/mol. The highest BCUT2D eigenvalue weighted by Gasteiger charge is 2.18. The van der Waals surface area contributed by atoms with Crippen LogP contribution < -0.4 is 0 Å². The van der Waals surface area contributed by atoms with Crippen LogP contribution >= 0.6 is 0 Å². The van der Waals surface area contributed by atoms with E-state index in [1.54, 1.807) is 6.07 Å². The van der Waals surface area contributed by atoms with Gasteiger partial charge in [0.05, 0.1) is 0 Å². The molecule has 0 N–H and O–H groups in total. The summed E-state index contributed by atoms with van der Waals surface area (Å²) in [6, 6.07) is 14.0. The lowest BCUT2D eigenvalue weighted by molar-refractivity contribution is 0.277. The average molecular weight is 310 g/mol. The maximum Gasteiger partial charge on any atom is 0.127 e. The largest absolute Gasteiger partial charge is 0.207 e. The molecule has 2 aromatic carbocycles. The minimum atomic E-state index is -0.0488. The molecule has 0 bridgehead atoms. The Kier molecular flexibility index (Phi) is 5.15. The summed E-state index contributed by atoms with van der Waals surface area (Å²) in [4.78, 5) is 0. The quantitative estimate of drug-likeness (QED) is 0.600. The first kappa shape index (κ1) is 16.2. The Hall–Kier alpha value is -1.63. The van der Waals surface area contributed by atoms with Gasteiger partial charge in [-0.25, -0.2) is 4.39 Å². The molecule has 122 valence electrons. The molecule has 0 aliphatic heterocycles. The number of hydrogen-bond acceptors (Lipinski definition) is 0. The van der Waals surface area contributed by atoms with Gasteiger partial charge in [-0.1, -0.05) is 74.6 Å². The van der Waals surface area contributed by atoms with Gasteiger partial charge in [-0.3, -0.25) is 0 Å². The van der Waals surface area contributed by atoms with Crippen LogP contribution in [-0.4, -0.2) is 0 Å². The Morgan fingerprint density at radius 2 is 1.57 bits per heavy atom. The lowest BCUT2D eigenvalue weighted by Gasteiger charge is -2.26. The minimum Gasteiger partial charge on any atom is -0.207 e. The van der Waals surface area contributed by atoms with Crippen LogP contribution in [0.15, 0.2) is 42.5 Å². The second-order valence-corrected chi connectivity index (χ2v) is 7.34. The van der Waals surface area contributed by atoms with E-state index < -0.39 is 0 Å². The number of halogens is 1. The van der Waals surface area contributed by atoms with Gasteiger partial charge in [-0.2, -0.15) is 0 Å². The van der Waals surface area contributed by atoms with Crippen LogP contribution in [-0.2, 0) is 6.42 Å². The van der Waals surface area contributed by atoms with Gasteiger partial charge < -0.3 is 0 Å². The first-order valence-electron chi connectivity index (χ1n) is 8.97. The molecule has 1 aliphatic carbocycles. The highest BCUT2D eigenvalue weighted by atomic mass is 19.1. The lowest BCUT2D eigenvalue weighted by Crippen LogP contribution is -2.13. The smallest absolute Gasteiger partial charge is 0.127 e. The molecule has 1 fully saturated rings. The fourth-order valence-electron chi connectivity index (χ4n) is 3.65. The molecule has 0 radical (unpaired) electrons. The van der Waals surface area contributed by atoms with Crippen molar-refractivity contribution in [3.63, 3.8) is 0 Å². The number of hydrogen-bond donors (Lipinski definition) is 0. The van der Waals surface area contributed by atoms with E-state index in [-0.39, 0.29) is 5.82 Å². The van der Waals surface area contributed by atoms with E-state index in [0.717, 1.165) is 41.4 Å². The summed E-state index contributed by atoms with van der Waals surface area (Å²) in [6.45, 7) is 4.42. The van der Waals surface area contributed by atoms with Crippen molar-refractivity contribution in [3.8, 4) is 11.1 Å². The van der Waals surface area contributed by atoms with Crippen molar-refractivity contribution in [1.82, 2.24) is 0 Å². The summed E-state index contributed by atoms with van der Waals surface area (Å²) in [5.41, 5.74) is 4.16. The van der Waals surface area contributed by atoms with Crippen LogP contribution in [0.5, 0.6) is 0 Å². The lowest BCUT2D eigenvalue weighted by atomic mass is 9.80. The second kappa shape index (κ2) is 7.29. The van der Waals surface area contributed by atoms with Gasteiger partial charge in [0.1, 0.15) is 5.82 Å². The molecule has 2 aromatic rings. The van der Waals surface area contributed by atoms with Crippen LogP contribution in [0.25, 0.3) is 11.1 Å². The van der Waals surface area contributed by atoms with E-state index in [0.29, 0.717) is 0 Å². The summed E-state index contributed by atoms with van der Waals surface area (Å²) < 4.78 is 14.4. The third-order valence-electron chi connectivity index (χ3n) is 5.40. The summed E-state index contributed by atoms with van der Waals surface area (Å²) >= 11 is 0. The van der Waals surface area contributed by atoms with Gasteiger partial charge in [0.2, 0.25) is 0 Å². The molecule has 0 spiro atoms. The average Bonchev–Trinajstić information content (AvgIpc) is 2.56. The Bertz CT molecular complexity index is 634. The zero-order valence-electron chi connectivity index (χ0n) is 14.3. The second-order valence-electron chi connectivity index (χ2n) is 7.34. The Labute approximate surface area is 139 Å². The van der Waals surface area contributed by atoms with E-state index in [2.05, 4.69) is 44.2 Å². The molecular formula is C22H27F. The number of rotatable bonds is 4. The Morgan fingerprint density at radius 1 is 0.913 bits per heavy atom. The van der Waals surface area contributed by atoms with Gasteiger partial charge in [0, 0.05) is 0 Å². The van der Waals surface area contributed by atoms with E-state index >= 15 is 0 Å². The molecular weight excluding hydrogens is 283 g/mol. The Balaban J connectivity index is 1.64. The molecule has 0 nitrogen and oxygen atoms in total. The normalized spacial score (nSPS) is 21.3. The molecule has 1 saturated carbocycles. The van der Waals surface area contributed by atoms with E-state index in [9.17, 15) is 4.39 Å². The summed E-state index contributed by atoms with van der Waals surface area (Å²) in [6.07, 6.45) is 7.35. The first-order valence-corrected chi connectivity index (χ1v) is 8.97. The van der Waals surface area contributed by atoms with Crippen molar-refractivity contribution >= 4 is 0 Å². The maximum atomic E-state index is 14.4. The van der Waals surface area contributed by atoms with Gasteiger partial charge >= 0.3 is 0 Å². The summed E-state index contributed by atoms with van der Waals surface area (Å²) in [5, 5.41) is 0. The fraction of sp³-hybridized carbons (Fsp3) is 0.455. The third kappa shape index (κ3) is 4.22. The molecule has 0 atom stereocenters. The van der Waals surface area contributed by atoms with Crippen LogP contribution in [0.3, 0.4) is 0 Å². The van der Waals surface area contributed by atoms with Crippen LogP contribution in [0.2, 0.25) is 0 Å². The molecule has 0 amide bonds. The van der Waals surface area contributed by atoms with Gasteiger partial charge in [-0.15, -0.1) is 0 Å². The van der Waals surface area contributed by atoms with Crippen molar-refractivity contribution in [2.45, 2.75) is 52.4 Å². The number of aryl methyl sites for hydroxylation is 2. The minimum absolute atomic E-state index is 0.0488. The molecule has 3 rings (SSSR count). The SMILES string of the molecule is Cc1ccc(-c2ccc(CCC3CCC(C)CC3)c(F)c2)cc1. The van der Waals surface area contributed by atoms with Gasteiger partial charge in [0.15, 0.2) is 0 Å². The number of benzene rings is 2. The molecule has 0 unspecified atom stereocenters. The maximum absolute atomic E-state index is 14.4. The van der Waals surface area contributed by atoms with E-state index in [1.807, 2.05) is 6.07 Å². The van der Waals surface area contributed by atoms with Gasteiger partial charge in [0.25, 0.3) is 0 Å². The Morgan fingerprint density at radius 3 is 2.22 bits per heavy atom. The third-order valence-corrected chi connectivity index (χ3v) is 5.40. The van der Waals surface area contributed by atoms with Crippen molar-refractivity contribution < 1.29 is 4.39 Å². The molecule has 0 saturated heterocycles. The molecule has 23 heavy (non-hydrogen) atoms. The van der Waals surface area contributed by atoms with Crippen molar-refractivity contribution in [2.24, 2.45) is 11.8 Å².